The molecule has 1 aromatic heterocycles. The summed E-state index contributed by atoms with van der Waals surface area (Å²) in [7, 11) is 1.67. The van der Waals surface area contributed by atoms with Crippen LogP contribution in [0.25, 0.3) is 10.2 Å². The van der Waals surface area contributed by atoms with E-state index in [0.29, 0.717) is 13.1 Å². The summed E-state index contributed by atoms with van der Waals surface area (Å²) in [6, 6.07) is 14.0. The smallest absolute Gasteiger partial charge is 0.321 e. The van der Waals surface area contributed by atoms with Crippen LogP contribution in [0.15, 0.2) is 42.5 Å². The highest BCUT2D eigenvalue weighted by molar-refractivity contribution is 7.22. The number of carbonyl (C=O) groups is 1. The van der Waals surface area contributed by atoms with E-state index in [1.807, 2.05) is 29.2 Å². The van der Waals surface area contributed by atoms with Crippen molar-refractivity contribution in [3.63, 3.8) is 0 Å². The van der Waals surface area contributed by atoms with Crippen LogP contribution in [0.5, 0.6) is 5.75 Å². The normalized spacial score (nSPS) is 14.8. The van der Waals surface area contributed by atoms with E-state index in [0.717, 1.165) is 39.9 Å². The number of hydrogen-bond donors (Lipinski definition) is 1. The number of aromatic nitrogens is 1. The largest absolute Gasteiger partial charge is 0.494 e. The van der Waals surface area contributed by atoms with E-state index in [-0.39, 0.29) is 11.4 Å². The molecule has 1 fully saturated rings. The first-order valence-electron chi connectivity index (χ1n) is 10.2. The Bertz CT molecular complexity index is 1030. The second-order valence-corrected chi connectivity index (χ2v) is 9.54. The van der Waals surface area contributed by atoms with Crippen molar-refractivity contribution in [2.45, 2.75) is 26.2 Å². The summed E-state index contributed by atoms with van der Waals surface area (Å²) in [6.07, 6.45) is 0. The lowest BCUT2D eigenvalue weighted by Gasteiger charge is -2.34. The van der Waals surface area contributed by atoms with Gasteiger partial charge in [-0.1, -0.05) is 50.3 Å². The number of hydrogen-bond acceptors (Lipinski definition) is 5. The van der Waals surface area contributed by atoms with Gasteiger partial charge in [0, 0.05) is 31.9 Å². The van der Waals surface area contributed by atoms with E-state index in [4.69, 9.17) is 9.72 Å². The molecule has 0 saturated carbocycles. The molecule has 6 nitrogen and oxygen atoms in total. The van der Waals surface area contributed by atoms with Gasteiger partial charge in [-0.15, -0.1) is 0 Å². The van der Waals surface area contributed by atoms with Crippen molar-refractivity contribution in [3.8, 4) is 5.75 Å². The van der Waals surface area contributed by atoms with Crippen LogP contribution in [0.4, 0.5) is 15.6 Å². The van der Waals surface area contributed by atoms with Crippen molar-refractivity contribution in [1.29, 1.82) is 0 Å². The highest BCUT2D eigenvalue weighted by Gasteiger charge is 2.24. The number of anilines is 2. The molecule has 4 rings (SSSR count). The Morgan fingerprint density at radius 3 is 2.40 bits per heavy atom. The quantitative estimate of drug-likeness (QED) is 0.646. The zero-order valence-corrected chi connectivity index (χ0v) is 18.8. The Morgan fingerprint density at radius 1 is 1.07 bits per heavy atom. The van der Waals surface area contributed by atoms with Gasteiger partial charge in [-0.2, -0.15) is 0 Å². The highest BCUT2D eigenvalue weighted by atomic mass is 32.1. The number of fused-ring (bicyclic) bond motifs is 1. The van der Waals surface area contributed by atoms with Crippen LogP contribution in [0.2, 0.25) is 0 Å². The summed E-state index contributed by atoms with van der Waals surface area (Å²) in [5.74, 6) is 0.797. The van der Waals surface area contributed by atoms with Gasteiger partial charge in [0.2, 0.25) is 0 Å². The van der Waals surface area contributed by atoms with E-state index >= 15 is 0 Å². The minimum absolute atomic E-state index is 0.0517. The van der Waals surface area contributed by atoms with E-state index in [1.165, 1.54) is 5.56 Å². The minimum atomic E-state index is -0.0517. The number of amides is 2. The maximum atomic E-state index is 12.7. The molecule has 1 aliphatic heterocycles. The van der Waals surface area contributed by atoms with Gasteiger partial charge < -0.3 is 19.9 Å². The predicted octanol–water partition coefficient (Wildman–Crippen LogP) is 4.96. The first kappa shape index (κ1) is 20.5. The molecule has 158 valence electrons. The molecule has 30 heavy (non-hydrogen) atoms. The lowest BCUT2D eigenvalue weighted by molar-refractivity contribution is 0.208. The number of methoxy groups -OCH3 is 1. The fraction of sp³-hybridized carbons (Fsp3) is 0.391. The molecule has 0 atom stereocenters. The molecule has 0 aliphatic carbocycles. The van der Waals surface area contributed by atoms with Crippen LogP contribution >= 0.6 is 11.3 Å². The van der Waals surface area contributed by atoms with Gasteiger partial charge in [0.05, 0.1) is 11.8 Å². The van der Waals surface area contributed by atoms with Gasteiger partial charge in [-0.25, -0.2) is 9.78 Å². The Labute approximate surface area is 181 Å². The van der Waals surface area contributed by atoms with Crippen molar-refractivity contribution in [3.05, 3.63) is 48.0 Å². The van der Waals surface area contributed by atoms with Gasteiger partial charge in [-0.05, 0) is 35.2 Å². The van der Waals surface area contributed by atoms with Crippen molar-refractivity contribution >= 4 is 38.4 Å². The third-order valence-electron chi connectivity index (χ3n) is 5.43. The van der Waals surface area contributed by atoms with Crippen LogP contribution in [-0.4, -0.2) is 49.2 Å². The molecule has 2 heterocycles. The second kappa shape index (κ2) is 8.14. The Kier molecular flexibility index (Phi) is 5.56. The molecule has 1 saturated heterocycles. The summed E-state index contributed by atoms with van der Waals surface area (Å²) >= 11 is 1.66. The standard InChI is InChI=1S/C23H28N4O2S/c1-23(2,3)16-8-10-17(11-9-16)24-21(28)26-12-14-27(15-13-26)22-25-20-18(29-4)6-5-7-19(20)30-22/h5-11H,12-15H2,1-4H3,(H,24,28). The first-order valence-corrected chi connectivity index (χ1v) is 11.0. The third-order valence-corrected chi connectivity index (χ3v) is 6.51. The highest BCUT2D eigenvalue weighted by Crippen LogP contribution is 2.34. The van der Waals surface area contributed by atoms with E-state index < -0.39 is 0 Å². The molecule has 0 unspecified atom stereocenters. The van der Waals surface area contributed by atoms with Crippen molar-refractivity contribution in [2.24, 2.45) is 0 Å². The molecule has 1 N–H and O–H groups in total. The molecule has 0 bridgehead atoms. The Balaban J connectivity index is 1.37. The molecule has 0 radical (unpaired) electrons. The van der Waals surface area contributed by atoms with Crippen molar-refractivity contribution < 1.29 is 9.53 Å². The van der Waals surface area contributed by atoms with Crippen LogP contribution in [0.1, 0.15) is 26.3 Å². The zero-order valence-electron chi connectivity index (χ0n) is 17.9. The molecule has 7 heteroatoms. The average molecular weight is 425 g/mol. The van der Waals surface area contributed by atoms with Crippen molar-refractivity contribution in [2.75, 3.05) is 43.5 Å². The molecule has 0 spiro atoms. The molecule has 3 aromatic rings. The van der Waals surface area contributed by atoms with Crippen molar-refractivity contribution in [1.82, 2.24) is 9.88 Å². The number of ether oxygens (including phenoxy) is 1. The third kappa shape index (κ3) is 4.21. The Hall–Kier alpha value is -2.80. The van der Waals surface area contributed by atoms with Crippen LogP contribution in [-0.2, 0) is 5.41 Å². The van der Waals surface area contributed by atoms with Gasteiger partial charge in [0.15, 0.2) is 5.13 Å². The maximum absolute atomic E-state index is 12.7. The topological polar surface area (TPSA) is 57.7 Å². The lowest BCUT2D eigenvalue weighted by atomic mass is 9.87. The number of thiazole rings is 1. The summed E-state index contributed by atoms with van der Waals surface area (Å²) in [6.45, 7) is 9.40. The molecule has 2 aromatic carbocycles. The maximum Gasteiger partial charge on any atom is 0.321 e. The molecule has 2 amide bonds. The summed E-state index contributed by atoms with van der Waals surface area (Å²) in [5, 5.41) is 4.00. The first-order chi connectivity index (χ1) is 14.3. The SMILES string of the molecule is COc1cccc2sc(N3CCN(C(=O)Nc4ccc(C(C)(C)C)cc4)CC3)nc12. The lowest BCUT2D eigenvalue weighted by Crippen LogP contribution is -2.50. The summed E-state index contributed by atoms with van der Waals surface area (Å²) in [4.78, 5) is 21.6. The van der Waals surface area contributed by atoms with Gasteiger partial charge >= 0.3 is 6.03 Å². The number of carbonyl (C=O) groups excluding carboxylic acids is 1. The van der Waals surface area contributed by atoms with Gasteiger partial charge in [0.25, 0.3) is 0 Å². The number of nitrogens with zero attached hydrogens (tertiary/aromatic N) is 3. The van der Waals surface area contributed by atoms with Crippen LogP contribution in [0, 0.1) is 0 Å². The second-order valence-electron chi connectivity index (χ2n) is 8.54. The summed E-state index contributed by atoms with van der Waals surface area (Å²) < 4.78 is 6.54. The number of piperazine rings is 1. The Morgan fingerprint density at radius 2 is 1.77 bits per heavy atom. The number of nitrogens with one attached hydrogen (secondary N) is 1. The molecule has 1 aliphatic rings. The zero-order chi connectivity index (χ0) is 21.3. The van der Waals surface area contributed by atoms with Crippen LogP contribution < -0.4 is 15.0 Å². The number of para-hydroxylation sites is 1. The van der Waals surface area contributed by atoms with Crippen LogP contribution in [0.3, 0.4) is 0 Å². The summed E-state index contributed by atoms with van der Waals surface area (Å²) in [5.41, 5.74) is 3.08. The minimum Gasteiger partial charge on any atom is -0.494 e. The number of rotatable bonds is 3. The molecular formula is C23H28N4O2S. The predicted molar refractivity (Wildman–Crippen MR) is 124 cm³/mol. The van der Waals surface area contributed by atoms with Gasteiger partial charge in [-0.3, -0.25) is 0 Å². The van der Waals surface area contributed by atoms with E-state index in [2.05, 4.69) is 49.2 Å². The monoisotopic (exact) mass is 424 g/mol. The molecular weight excluding hydrogens is 396 g/mol. The fourth-order valence-corrected chi connectivity index (χ4v) is 4.60. The number of urea groups is 1. The number of benzene rings is 2. The fourth-order valence-electron chi connectivity index (χ4n) is 3.57. The van der Waals surface area contributed by atoms with Gasteiger partial charge in [0.1, 0.15) is 11.3 Å². The van der Waals surface area contributed by atoms with E-state index in [1.54, 1.807) is 18.4 Å². The van der Waals surface area contributed by atoms with E-state index in [9.17, 15) is 4.79 Å². The average Bonchev–Trinajstić information content (AvgIpc) is 3.18.